The molecule has 0 radical (unpaired) electrons. The van der Waals surface area contributed by atoms with Gasteiger partial charge in [-0.1, -0.05) is 30.3 Å². The van der Waals surface area contributed by atoms with Crippen LogP contribution in [-0.2, 0) is 6.42 Å². The van der Waals surface area contributed by atoms with Crippen molar-refractivity contribution in [3.05, 3.63) is 51.5 Å². The third-order valence-corrected chi connectivity index (χ3v) is 4.14. The highest BCUT2D eigenvalue weighted by atomic mass is 32.2. The van der Waals surface area contributed by atoms with Crippen molar-refractivity contribution in [1.82, 2.24) is 4.98 Å². The van der Waals surface area contributed by atoms with Crippen LogP contribution in [0.25, 0.3) is 0 Å². The molecule has 0 saturated carbocycles. The summed E-state index contributed by atoms with van der Waals surface area (Å²) in [5, 5.41) is 15.7. The molecule has 88 valence electrons. The number of rotatable bonds is 3. The molecule has 1 aromatic heterocycles. The molecule has 0 aliphatic carbocycles. The number of carboxylic acids is 1. The highest BCUT2D eigenvalue weighted by Gasteiger charge is 2.29. The summed E-state index contributed by atoms with van der Waals surface area (Å²) in [7, 11) is -0.879. The Labute approximate surface area is 102 Å². The smallest absolute Gasteiger partial charge is 0.393 e. The van der Waals surface area contributed by atoms with Gasteiger partial charge in [-0.3, -0.25) is 0 Å². The van der Waals surface area contributed by atoms with E-state index in [9.17, 15) is 4.79 Å². The number of nitrogen functional groups attached to an aromatic ring is 1. The number of aromatic carboxylic acids is 1. The zero-order chi connectivity index (χ0) is 12.4. The fourth-order valence-electron chi connectivity index (χ4n) is 1.70. The summed E-state index contributed by atoms with van der Waals surface area (Å²) in [6.07, 6.45) is 0.606. The summed E-state index contributed by atoms with van der Waals surface area (Å²) in [6, 6.07) is 9.78. The number of nitrogens with two attached hydrogens (primary N) is 1. The third-order valence-electron chi connectivity index (χ3n) is 2.49. The fraction of sp³-hybridized carbons (Fsp3) is 0.167. The van der Waals surface area contributed by atoms with Gasteiger partial charge in [0.05, 0.1) is 6.42 Å². The molecule has 2 aromatic rings. The number of hydrogen-bond donors (Lipinski definition) is 2. The number of aryl methyl sites for hydroxylation is 1. The summed E-state index contributed by atoms with van der Waals surface area (Å²) < 4.78 is 0. The summed E-state index contributed by atoms with van der Waals surface area (Å²) in [4.78, 5) is 15.5. The van der Waals surface area contributed by atoms with Crippen LogP contribution in [0.1, 0.15) is 25.9 Å². The summed E-state index contributed by atoms with van der Waals surface area (Å²) in [6.45, 7) is 1.69. The second-order valence-electron chi connectivity index (χ2n) is 3.73. The lowest BCUT2D eigenvalue weighted by atomic mass is 10.2. The first kappa shape index (κ1) is 11.8. The van der Waals surface area contributed by atoms with Crippen LogP contribution >= 0.6 is 10.7 Å². The largest absolute Gasteiger partial charge is 0.474 e. The van der Waals surface area contributed by atoms with Gasteiger partial charge in [-0.15, -0.1) is 5.14 Å². The van der Waals surface area contributed by atoms with Gasteiger partial charge in [-0.05, 0) is 12.5 Å². The average molecular weight is 249 g/mol. The second-order valence-corrected chi connectivity index (χ2v) is 5.28. The molecule has 0 aliphatic heterocycles. The molecule has 4 nitrogen and oxygen atoms in total. The van der Waals surface area contributed by atoms with Crippen molar-refractivity contribution in [3.63, 3.8) is 0 Å². The Morgan fingerprint density at radius 3 is 2.59 bits per heavy atom. The molecule has 0 amide bonds. The quantitative estimate of drug-likeness (QED) is 0.817. The SMILES string of the molecule is Cc1nc(Cc2ccccc2)[s+](N)c1C(=O)O. The number of thiazole rings is 1. The van der Waals surface area contributed by atoms with Crippen LogP contribution in [0, 0.1) is 6.92 Å². The van der Waals surface area contributed by atoms with E-state index in [1.807, 2.05) is 30.3 Å². The highest BCUT2D eigenvalue weighted by Crippen LogP contribution is 2.27. The van der Waals surface area contributed by atoms with Crippen LogP contribution in [0.4, 0.5) is 0 Å². The third kappa shape index (κ3) is 2.35. The standard InChI is InChI=1S/C12H12N2O2S/c1-8-11(12(15)16)17(13)10(14-8)7-9-5-3-2-4-6-9/h2-6H,7,13H2,1H3/p+1. The molecule has 1 unspecified atom stereocenters. The molecule has 1 aromatic carbocycles. The minimum Gasteiger partial charge on any atom is -0.474 e. The zero-order valence-electron chi connectivity index (χ0n) is 9.38. The Morgan fingerprint density at radius 1 is 1.41 bits per heavy atom. The van der Waals surface area contributed by atoms with Gasteiger partial charge in [0.1, 0.15) is 16.3 Å². The van der Waals surface area contributed by atoms with E-state index in [4.69, 9.17) is 10.2 Å². The molecule has 1 atom stereocenters. The summed E-state index contributed by atoms with van der Waals surface area (Å²) >= 11 is 0. The molecule has 1 heterocycles. The lowest BCUT2D eigenvalue weighted by molar-refractivity contribution is 0.0701. The van der Waals surface area contributed by atoms with E-state index in [2.05, 4.69) is 4.98 Å². The number of carboxylic acid groups (broad SMARTS) is 1. The van der Waals surface area contributed by atoms with E-state index in [1.165, 1.54) is 0 Å². The molecule has 2 rings (SSSR count). The second kappa shape index (κ2) is 4.65. The van der Waals surface area contributed by atoms with Crippen LogP contribution in [0.2, 0.25) is 0 Å². The van der Waals surface area contributed by atoms with E-state index in [0.29, 0.717) is 12.1 Å². The first-order valence-corrected chi connectivity index (χ1v) is 6.42. The Balaban J connectivity index is 2.35. The van der Waals surface area contributed by atoms with E-state index < -0.39 is 16.6 Å². The maximum absolute atomic E-state index is 11.0. The van der Waals surface area contributed by atoms with Crippen LogP contribution in [0.15, 0.2) is 30.3 Å². The topological polar surface area (TPSA) is 76.2 Å². The Bertz CT molecular complexity index is 549. The Morgan fingerprint density at radius 2 is 2.06 bits per heavy atom. The first-order valence-electron chi connectivity index (χ1n) is 5.14. The number of nitrogens with zero attached hydrogens (tertiary/aromatic N) is 1. The lowest BCUT2D eigenvalue weighted by Crippen LogP contribution is -2.00. The average Bonchev–Trinajstić information content (AvgIpc) is 2.55. The Kier molecular flexibility index (Phi) is 3.21. The van der Waals surface area contributed by atoms with Crippen molar-refractivity contribution in [2.45, 2.75) is 13.3 Å². The zero-order valence-corrected chi connectivity index (χ0v) is 10.2. The number of benzene rings is 1. The number of carbonyl (C=O) groups is 1. The van der Waals surface area contributed by atoms with Crippen molar-refractivity contribution in [3.8, 4) is 0 Å². The maximum atomic E-state index is 11.0. The molecule has 5 heteroatoms. The monoisotopic (exact) mass is 249 g/mol. The molecule has 17 heavy (non-hydrogen) atoms. The predicted octanol–water partition coefficient (Wildman–Crippen LogP) is 2.14. The first-order chi connectivity index (χ1) is 8.09. The van der Waals surface area contributed by atoms with E-state index in [-0.39, 0.29) is 4.88 Å². The van der Waals surface area contributed by atoms with Crippen LogP contribution < -0.4 is 5.14 Å². The van der Waals surface area contributed by atoms with Crippen molar-refractivity contribution in [2.24, 2.45) is 0 Å². The number of hydrogen-bond acceptors (Lipinski definition) is 3. The summed E-state index contributed by atoms with van der Waals surface area (Å²) in [5.74, 6) is -0.972. The molecule has 0 bridgehead atoms. The Hall–Kier alpha value is -1.72. The summed E-state index contributed by atoms with van der Waals surface area (Å²) in [5.41, 5.74) is 1.61. The van der Waals surface area contributed by atoms with Crippen molar-refractivity contribution >= 4 is 16.6 Å². The highest BCUT2D eigenvalue weighted by molar-refractivity contribution is 7.32. The molecule has 0 spiro atoms. The van der Waals surface area contributed by atoms with Gasteiger partial charge >= 0.3 is 10.8 Å². The van der Waals surface area contributed by atoms with Gasteiger partial charge in [-0.25, -0.2) is 4.79 Å². The minimum atomic E-state index is -0.972. The van der Waals surface area contributed by atoms with Crippen LogP contribution in [0.3, 0.4) is 0 Å². The van der Waals surface area contributed by atoms with E-state index >= 15 is 0 Å². The molecule has 0 aliphatic rings. The lowest BCUT2D eigenvalue weighted by Gasteiger charge is -1.93. The van der Waals surface area contributed by atoms with Gasteiger partial charge in [0.15, 0.2) is 0 Å². The molecular formula is C12H13N2O2S+. The van der Waals surface area contributed by atoms with Crippen LogP contribution in [-0.4, -0.2) is 16.1 Å². The van der Waals surface area contributed by atoms with Crippen molar-refractivity contribution < 1.29 is 9.90 Å². The van der Waals surface area contributed by atoms with Gasteiger partial charge < -0.3 is 5.11 Å². The molecule has 0 fully saturated rings. The molecule has 3 N–H and O–H groups in total. The van der Waals surface area contributed by atoms with Gasteiger partial charge in [0.2, 0.25) is 0 Å². The van der Waals surface area contributed by atoms with Crippen molar-refractivity contribution in [2.75, 3.05) is 5.14 Å². The fourth-order valence-corrected chi connectivity index (χ4v) is 3.05. The van der Waals surface area contributed by atoms with Crippen LogP contribution in [0.5, 0.6) is 0 Å². The number of aromatic nitrogens is 1. The minimum absolute atomic E-state index is 0.232. The molecular weight excluding hydrogens is 236 g/mol. The van der Waals surface area contributed by atoms with E-state index in [0.717, 1.165) is 10.6 Å². The maximum Gasteiger partial charge on any atom is 0.393 e. The van der Waals surface area contributed by atoms with E-state index in [1.54, 1.807) is 6.92 Å². The van der Waals surface area contributed by atoms with Gasteiger partial charge in [0.25, 0.3) is 5.01 Å². The van der Waals surface area contributed by atoms with Crippen molar-refractivity contribution in [1.29, 1.82) is 0 Å². The predicted molar refractivity (Wildman–Crippen MR) is 67.8 cm³/mol. The van der Waals surface area contributed by atoms with Gasteiger partial charge in [-0.2, -0.15) is 4.98 Å². The van der Waals surface area contributed by atoms with Gasteiger partial charge in [0, 0.05) is 0 Å². The molecule has 0 saturated heterocycles. The normalized spacial score (nSPS) is 11.5.